The van der Waals surface area contributed by atoms with E-state index < -0.39 is 0 Å². The van der Waals surface area contributed by atoms with Crippen molar-refractivity contribution >= 4 is 22.9 Å². The van der Waals surface area contributed by atoms with Gasteiger partial charge in [0.15, 0.2) is 0 Å². The summed E-state index contributed by atoms with van der Waals surface area (Å²) in [6.45, 7) is 1.66. The van der Waals surface area contributed by atoms with Crippen LogP contribution in [0.1, 0.15) is 16.7 Å². The molecule has 1 aliphatic rings. The number of anilines is 1. The van der Waals surface area contributed by atoms with Crippen LogP contribution in [0.3, 0.4) is 0 Å². The zero-order valence-corrected chi connectivity index (χ0v) is 11.8. The predicted octanol–water partition coefficient (Wildman–Crippen LogP) is 3.02. The van der Waals surface area contributed by atoms with E-state index in [9.17, 15) is 4.39 Å². The average Bonchev–Trinajstić information content (AvgIpc) is 2.84. The first kappa shape index (κ1) is 13.1. The molecule has 2 aromatic rings. The summed E-state index contributed by atoms with van der Waals surface area (Å²) in [5.74, 6) is -0.307. The van der Waals surface area contributed by atoms with Gasteiger partial charge in [-0.05, 0) is 35.7 Å². The lowest BCUT2D eigenvalue weighted by Gasteiger charge is -2.21. The minimum absolute atomic E-state index is 0.243. The third-order valence-corrected chi connectivity index (χ3v) is 3.90. The lowest BCUT2D eigenvalue weighted by Crippen LogP contribution is -2.22. The van der Waals surface area contributed by atoms with E-state index in [0.29, 0.717) is 12.1 Å². The molecule has 102 valence electrons. The number of rotatable bonds is 3. The molecule has 0 amide bonds. The molecule has 0 unspecified atom stereocenters. The summed E-state index contributed by atoms with van der Waals surface area (Å²) in [4.78, 5) is 2.52. The number of halogens is 1. The Morgan fingerprint density at radius 3 is 2.85 bits per heavy atom. The van der Waals surface area contributed by atoms with E-state index in [1.165, 1.54) is 23.4 Å². The summed E-state index contributed by atoms with van der Waals surface area (Å²) in [6, 6.07) is 13.0. The number of nitrogens with zero attached hydrogens (tertiary/aromatic N) is 1. The molecular formula is C16H15FN2S. The SMILES string of the molecule is NC(=S)c1cc(F)ccc1CN1CCc2ccccc21. The van der Waals surface area contributed by atoms with Gasteiger partial charge in [0.25, 0.3) is 0 Å². The van der Waals surface area contributed by atoms with Crippen molar-refractivity contribution in [2.24, 2.45) is 5.73 Å². The van der Waals surface area contributed by atoms with Gasteiger partial charge in [-0.1, -0.05) is 36.5 Å². The van der Waals surface area contributed by atoms with E-state index in [2.05, 4.69) is 23.1 Å². The summed E-state index contributed by atoms with van der Waals surface area (Å²) >= 11 is 5.02. The van der Waals surface area contributed by atoms with E-state index >= 15 is 0 Å². The predicted molar refractivity (Wildman–Crippen MR) is 83.5 cm³/mol. The standard InChI is InChI=1S/C16H15FN2S/c17-13-6-5-12(14(9-13)16(18)20)10-19-8-7-11-3-1-2-4-15(11)19/h1-6,9H,7-8,10H2,(H2,18,20). The normalized spacial score (nSPS) is 13.3. The summed E-state index contributed by atoms with van der Waals surface area (Å²) in [7, 11) is 0. The molecule has 20 heavy (non-hydrogen) atoms. The van der Waals surface area contributed by atoms with Gasteiger partial charge in [0, 0.05) is 24.3 Å². The number of para-hydroxylation sites is 1. The number of thiocarbonyl (C=S) groups is 1. The molecular weight excluding hydrogens is 271 g/mol. The maximum absolute atomic E-state index is 13.3. The van der Waals surface area contributed by atoms with Gasteiger partial charge in [-0.3, -0.25) is 0 Å². The lowest BCUT2D eigenvalue weighted by atomic mass is 10.1. The number of hydrogen-bond donors (Lipinski definition) is 1. The van der Waals surface area contributed by atoms with Crippen LogP contribution < -0.4 is 10.6 Å². The molecule has 0 saturated heterocycles. The van der Waals surface area contributed by atoms with Crippen LogP contribution in [-0.2, 0) is 13.0 Å². The van der Waals surface area contributed by atoms with Crippen molar-refractivity contribution in [3.8, 4) is 0 Å². The Bertz CT molecular complexity index is 669. The molecule has 2 nitrogen and oxygen atoms in total. The Balaban J connectivity index is 1.92. The van der Waals surface area contributed by atoms with E-state index in [1.807, 2.05) is 6.07 Å². The van der Waals surface area contributed by atoms with Crippen LogP contribution in [0, 0.1) is 5.82 Å². The molecule has 0 fully saturated rings. The van der Waals surface area contributed by atoms with Gasteiger partial charge >= 0.3 is 0 Å². The Hall–Kier alpha value is -1.94. The first-order chi connectivity index (χ1) is 9.65. The van der Waals surface area contributed by atoms with E-state index in [4.69, 9.17) is 18.0 Å². The minimum Gasteiger partial charge on any atom is -0.389 e. The fourth-order valence-electron chi connectivity index (χ4n) is 2.69. The highest BCUT2D eigenvalue weighted by atomic mass is 32.1. The Labute approximate surface area is 123 Å². The highest BCUT2D eigenvalue weighted by molar-refractivity contribution is 7.80. The van der Waals surface area contributed by atoms with Gasteiger partial charge in [0.2, 0.25) is 0 Å². The van der Waals surface area contributed by atoms with E-state index in [-0.39, 0.29) is 10.8 Å². The lowest BCUT2D eigenvalue weighted by molar-refractivity contribution is 0.626. The van der Waals surface area contributed by atoms with Crippen molar-refractivity contribution in [3.63, 3.8) is 0 Å². The maximum Gasteiger partial charge on any atom is 0.123 e. The summed E-state index contributed by atoms with van der Waals surface area (Å²) in [5.41, 5.74) is 9.89. The minimum atomic E-state index is -0.307. The number of nitrogens with two attached hydrogens (primary N) is 1. The molecule has 0 atom stereocenters. The van der Waals surface area contributed by atoms with Crippen molar-refractivity contribution in [3.05, 3.63) is 65.0 Å². The number of fused-ring (bicyclic) bond motifs is 1. The van der Waals surface area contributed by atoms with Crippen molar-refractivity contribution in [2.45, 2.75) is 13.0 Å². The Morgan fingerprint density at radius 2 is 2.05 bits per heavy atom. The molecule has 0 saturated carbocycles. The molecule has 0 aromatic heterocycles. The van der Waals surface area contributed by atoms with Gasteiger partial charge in [0.05, 0.1) is 0 Å². The van der Waals surface area contributed by atoms with Gasteiger partial charge in [-0.2, -0.15) is 0 Å². The van der Waals surface area contributed by atoms with Gasteiger partial charge in [-0.15, -0.1) is 0 Å². The molecule has 0 aliphatic carbocycles. The van der Waals surface area contributed by atoms with Gasteiger partial charge < -0.3 is 10.6 Å². The van der Waals surface area contributed by atoms with Crippen LogP contribution in [-0.4, -0.2) is 11.5 Å². The quantitative estimate of drug-likeness (QED) is 0.879. The van der Waals surface area contributed by atoms with Crippen molar-refractivity contribution < 1.29 is 4.39 Å². The van der Waals surface area contributed by atoms with Crippen LogP contribution in [0.4, 0.5) is 10.1 Å². The number of hydrogen-bond acceptors (Lipinski definition) is 2. The van der Waals surface area contributed by atoms with Crippen LogP contribution in [0.2, 0.25) is 0 Å². The molecule has 1 heterocycles. The Morgan fingerprint density at radius 1 is 1.25 bits per heavy atom. The molecule has 0 radical (unpaired) electrons. The van der Waals surface area contributed by atoms with E-state index in [1.54, 1.807) is 6.07 Å². The van der Waals surface area contributed by atoms with Crippen molar-refractivity contribution in [1.29, 1.82) is 0 Å². The van der Waals surface area contributed by atoms with Crippen LogP contribution in [0.25, 0.3) is 0 Å². The second kappa shape index (κ2) is 5.21. The van der Waals surface area contributed by atoms with Crippen LogP contribution in [0.15, 0.2) is 42.5 Å². The number of benzene rings is 2. The van der Waals surface area contributed by atoms with Crippen molar-refractivity contribution in [2.75, 3.05) is 11.4 Å². The smallest absolute Gasteiger partial charge is 0.123 e. The molecule has 1 aliphatic heterocycles. The maximum atomic E-state index is 13.3. The summed E-state index contributed by atoms with van der Waals surface area (Å²) in [5, 5.41) is 0. The van der Waals surface area contributed by atoms with Gasteiger partial charge in [0.1, 0.15) is 10.8 Å². The first-order valence-corrected chi connectivity index (χ1v) is 6.97. The fraction of sp³-hybridized carbons (Fsp3) is 0.188. The zero-order chi connectivity index (χ0) is 14.1. The molecule has 4 heteroatoms. The molecule has 2 N–H and O–H groups in total. The monoisotopic (exact) mass is 286 g/mol. The summed E-state index contributed by atoms with van der Waals surface area (Å²) < 4.78 is 13.3. The van der Waals surface area contributed by atoms with Gasteiger partial charge in [-0.25, -0.2) is 4.39 Å². The first-order valence-electron chi connectivity index (χ1n) is 6.56. The van der Waals surface area contributed by atoms with Crippen molar-refractivity contribution in [1.82, 2.24) is 0 Å². The fourth-order valence-corrected chi connectivity index (χ4v) is 2.88. The summed E-state index contributed by atoms with van der Waals surface area (Å²) in [6.07, 6.45) is 1.04. The molecule has 3 rings (SSSR count). The second-order valence-electron chi connectivity index (χ2n) is 4.97. The largest absolute Gasteiger partial charge is 0.389 e. The third-order valence-electron chi connectivity index (χ3n) is 3.68. The second-order valence-corrected chi connectivity index (χ2v) is 5.41. The molecule has 0 bridgehead atoms. The molecule has 2 aromatic carbocycles. The van der Waals surface area contributed by atoms with Crippen LogP contribution >= 0.6 is 12.2 Å². The third kappa shape index (κ3) is 2.39. The van der Waals surface area contributed by atoms with Crippen LogP contribution in [0.5, 0.6) is 0 Å². The average molecular weight is 286 g/mol. The zero-order valence-electron chi connectivity index (χ0n) is 11.0. The topological polar surface area (TPSA) is 29.3 Å². The molecule has 0 spiro atoms. The van der Waals surface area contributed by atoms with E-state index in [0.717, 1.165) is 18.5 Å². The highest BCUT2D eigenvalue weighted by Crippen LogP contribution is 2.29. The highest BCUT2D eigenvalue weighted by Gasteiger charge is 2.19. The Kier molecular flexibility index (Phi) is 3.40.